The maximum absolute atomic E-state index is 11.2. The van der Waals surface area contributed by atoms with Gasteiger partial charge in [0.05, 0.1) is 11.7 Å². The van der Waals surface area contributed by atoms with Gasteiger partial charge in [0.2, 0.25) is 0 Å². The van der Waals surface area contributed by atoms with Crippen LogP contribution in [0.1, 0.15) is 38.5 Å². The van der Waals surface area contributed by atoms with E-state index in [1.165, 1.54) is 0 Å². The molecule has 0 amide bonds. The minimum Gasteiger partial charge on any atom is -0.491 e. The standard InChI is InChI=1S/C22H29ClO6/c23-17-6-9-19(10-7-17)29-14-18(24)8-5-15-3-4-16-12-20(13-22(15,16)27)28-11-1-2-21(25)26/h5-10,15-16,18,20,24,27H,1-4,11-14H2,(H,25,26)/t15-,16-,18?,20?,22-/m1/s1. The van der Waals surface area contributed by atoms with Crippen molar-refractivity contribution < 1.29 is 29.6 Å². The first kappa shape index (κ1) is 22.1. The molecular weight excluding hydrogens is 396 g/mol. The van der Waals surface area contributed by atoms with E-state index in [4.69, 9.17) is 26.2 Å². The van der Waals surface area contributed by atoms with Gasteiger partial charge < -0.3 is 24.8 Å². The molecule has 2 saturated carbocycles. The summed E-state index contributed by atoms with van der Waals surface area (Å²) in [5, 5.41) is 30.7. The van der Waals surface area contributed by atoms with E-state index >= 15 is 0 Å². The molecule has 160 valence electrons. The van der Waals surface area contributed by atoms with Gasteiger partial charge in [0.15, 0.2) is 0 Å². The maximum atomic E-state index is 11.2. The van der Waals surface area contributed by atoms with Gasteiger partial charge in [0.1, 0.15) is 18.5 Å². The SMILES string of the molecule is O=C(O)CCCOC1C[C@H]2CC[C@H](C=CC(O)COc3ccc(Cl)cc3)[C@]2(O)C1. The molecule has 3 rings (SSSR count). The molecule has 0 bridgehead atoms. The number of carboxylic acids is 1. The third kappa shape index (κ3) is 5.95. The minimum atomic E-state index is -0.820. The predicted molar refractivity (Wildman–Crippen MR) is 109 cm³/mol. The second-order valence-electron chi connectivity index (χ2n) is 8.02. The molecule has 2 aliphatic carbocycles. The van der Waals surface area contributed by atoms with Crippen molar-refractivity contribution >= 4 is 17.6 Å². The molecule has 0 spiro atoms. The van der Waals surface area contributed by atoms with Crippen molar-refractivity contribution in [1.29, 1.82) is 0 Å². The summed E-state index contributed by atoms with van der Waals surface area (Å²) in [6.45, 7) is 0.531. The van der Waals surface area contributed by atoms with Crippen LogP contribution in [0.4, 0.5) is 0 Å². The molecule has 0 heterocycles. The van der Waals surface area contributed by atoms with Crippen LogP contribution in [0.2, 0.25) is 5.02 Å². The average molecular weight is 425 g/mol. The van der Waals surface area contributed by atoms with E-state index in [1.807, 2.05) is 6.08 Å². The van der Waals surface area contributed by atoms with Gasteiger partial charge in [-0.15, -0.1) is 0 Å². The Kier molecular flexibility index (Phi) is 7.57. The second-order valence-corrected chi connectivity index (χ2v) is 8.46. The van der Waals surface area contributed by atoms with Crippen LogP contribution >= 0.6 is 11.6 Å². The molecule has 6 nitrogen and oxygen atoms in total. The molecule has 3 N–H and O–H groups in total. The summed E-state index contributed by atoms with van der Waals surface area (Å²) in [7, 11) is 0. The molecule has 7 heteroatoms. The van der Waals surface area contributed by atoms with E-state index in [0.717, 1.165) is 19.3 Å². The molecule has 0 aromatic heterocycles. The number of aliphatic hydroxyl groups excluding tert-OH is 1. The Morgan fingerprint density at radius 3 is 2.79 bits per heavy atom. The monoisotopic (exact) mass is 424 g/mol. The van der Waals surface area contributed by atoms with Gasteiger partial charge in [0, 0.05) is 30.4 Å². The highest BCUT2D eigenvalue weighted by Gasteiger charge is 2.54. The Morgan fingerprint density at radius 1 is 1.31 bits per heavy atom. The van der Waals surface area contributed by atoms with Gasteiger partial charge >= 0.3 is 5.97 Å². The normalized spacial score (nSPS) is 29.8. The number of aliphatic hydroxyl groups is 2. The quantitative estimate of drug-likeness (QED) is 0.393. The Bertz CT molecular complexity index is 706. The Balaban J connectivity index is 1.45. The predicted octanol–water partition coefficient (Wildman–Crippen LogP) is 3.44. The topological polar surface area (TPSA) is 96.2 Å². The van der Waals surface area contributed by atoms with E-state index in [0.29, 0.717) is 30.2 Å². The number of rotatable bonds is 10. The van der Waals surface area contributed by atoms with Crippen molar-refractivity contribution in [1.82, 2.24) is 0 Å². The Labute approximate surface area is 176 Å². The highest BCUT2D eigenvalue weighted by atomic mass is 35.5. The average Bonchev–Trinajstić information content (AvgIpc) is 3.15. The number of carboxylic acid groups (broad SMARTS) is 1. The molecule has 0 aliphatic heterocycles. The van der Waals surface area contributed by atoms with Gasteiger partial charge in [-0.2, -0.15) is 0 Å². The molecule has 29 heavy (non-hydrogen) atoms. The zero-order valence-corrected chi connectivity index (χ0v) is 17.1. The summed E-state index contributed by atoms with van der Waals surface area (Å²) in [5.41, 5.74) is -0.815. The van der Waals surface area contributed by atoms with Gasteiger partial charge in [-0.25, -0.2) is 0 Å². The van der Waals surface area contributed by atoms with Crippen molar-refractivity contribution in [3.8, 4) is 5.75 Å². The molecule has 2 aliphatic rings. The van der Waals surface area contributed by atoms with Crippen LogP contribution < -0.4 is 4.74 Å². The largest absolute Gasteiger partial charge is 0.491 e. The number of hydrogen-bond acceptors (Lipinski definition) is 5. The molecule has 5 atom stereocenters. The third-order valence-electron chi connectivity index (χ3n) is 5.97. The highest BCUT2D eigenvalue weighted by Crippen LogP contribution is 2.52. The summed E-state index contributed by atoms with van der Waals surface area (Å²) in [6, 6.07) is 6.96. The zero-order valence-electron chi connectivity index (χ0n) is 16.4. The van der Waals surface area contributed by atoms with Crippen LogP contribution in [-0.2, 0) is 9.53 Å². The fraction of sp³-hybridized carbons (Fsp3) is 0.591. The number of carbonyl (C=O) groups is 1. The molecule has 2 fully saturated rings. The smallest absolute Gasteiger partial charge is 0.303 e. The number of ether oxygens (including phenoxy) is 2. The molecular formula is C22H29ClO6. The number of halogens is 1. The first-order valence-electron chi connectivity index (χ1n) is 10.2. The van der Waals surface area contributed by atoms with E-state index in [-0.39, 0.29) is 31.0 Å². The summed E-state index contributed by atoms with van der Waals surface area (Å²) in [6.07, 6.45) is 6.55. The minimum absolute atomic E-state index is 0.0229. The molecule has 1 aromatic carbocycles. The summed E-state index contributed by atoms with van der Waals surface area (Å²) >= 11 is 5.84. The molecule has 0 radical (unpaired) electrons. The van der Waals surface area contributed by atoms with Crippen LogP contribution in [0.5, 0.6) is 5.75 Å². The van der Waals surface area contributed by atoms with Crippen LogP contribution in [0.25, 0.3) is 0 Å². The first-order chi connectivity index (χ1) is 13.9. The van der Waals surface area contributed by atoms with Crippen LogP contribution in [0.15, 0.2) is 36.4 Å². The Morgan fingerprint density at radius 2 is 2.07 bits per heavy atom. The lowest BCUT2D eigenvalue weighted by Gasteiger charge is -2.28. The first-order valence-corrected chi connectivity index (χ1v) is 10.5. The molecule has 2 unspecified atom stereocenters. The van der Waals surface area contributed by atoms with E-state index in [2.05, 4.69) is 0 Å². The van der Waals surface area contributed by atoms with Gasteiger partial charge in [0.25, 0.3) is 0 Å². The third-order valence-corrected chi connectivity index (χ3v) is 6.22. The highest BCUT2D eigenvalue weighted by molar-refractivity contribution is 6.30. The molecule has 0 saturated heterocycles. The van der Waals surface area contributed by atoms with E-state index < -0.39 is 17.7 Å². The lowest BCUT2D eigenvalue weighted by atomic mass is 9.86. The molecule has 1 aromatic rings. The second kappa shape index (κ2) is 9.94. The lowest BCUT2D eigenvalue weighted by molar-refractivity contribution is -0.137. The number of hydrogen-bond donors (Lipinski definition) is 3. The summed E-state index contributed by atoms with van der Waals surface area (Å²) in [4.78, 5) is 10.6. The van der Waals surface area contributed by atoms with Crippen molar-refractivity contribution in [3.05, 3.63) is 41.4 Å². The van der Waals surface area contributed by atoms with Crippen molar-refractivity contribution in [2.75, 3.05) is 13.2 Å². The summed E-state index contributed by atoms with van der Waals surface area (Å²) in [5.74, 6) is -0.0196. The van der Waals surface area contributed by atoms with E-state index in [1.54, 1.807) is 30.3 Å². The maximum Gasteiger partial charge on any atom is 0.303 e. The van der Waals surface area contributed by atoms with Gasteiger partial charge in [-0.3, -0.25) is 4.79 Å². The number of aliphatic carboxylic acids is 1. The van der Waals surface area contributed by atoms with Gasteiger partial charge in [-0.05, 0) is 55.9 Å². The van der Waals surface area contributed by atoms with Gasteiger partial charge in [-0.1, -0.05) is 23.8 Å². The fourth-order valence-electron chi connectivity index (χ4n) is 4.48. The van der Waals surface area contributed by atoms with Crippen LogP contribution in [0.3, 0.4) is 0 Å². The fourth-order valence-corrected chi connectivity index (χ4v) is 4.61. The Hall–Kier alpha value is -1.60. The van der Waals surface area contributed by atoms with Crippen molar-refractivity contribution in [2.24, 2.45) is 11.8 Å². The number of fused-ring (bicyclic) bond motifs is 1. The van der Waals surface area contributed by atoms with Crippen molar-refractivity contribution in [2.45, 2.75) is 56.3 Å². The lowest BCUT2D eigenvalue weighted by Crippen LogP contribution is -2.35. The summed E-state index contributed by atoms with van der Waals surface area (Å²) < 4.78 is 11.4. The van der Waals surface area contributed by atoms with E-state index in [9.17, 15) is 15.0 Å². The van der Waals surface area contributed by atoms with Crippen LogP contribution in [-0.4, -0.2) is 52.3 Å². The van der Waals surface area contributed by atoms with Crippen molar-refractivity contribution in [3.63, 3.8) is 0 Å². The number of benzene rings is 1. The van der Waals surface area contributed by atoms with Crippen LogP contribution in [0, 0.1) is 11.8 Å². The zero-order chi connectivity index (χ0) is 20.9.